The predicted molar refractivity (Wildman–Crippen MR) is 124 cm³/mol. The molecule has 1 aliphatic heterocycles. The van der Waals surface area contributed by atoms with Crippen LogP contribution in [0.4, 0.5) is 0 Å². The Labute approximate surface area is 181 Å². The largest absolute Gasteiger partial charge is 0.447 e. The molecule has 6 rings (SSSR count). The molecule has 4 nitrogen and oxygen atoms in total. The number of aryl methyl sites for hydroxylation is 2. The van der Waals surface area contributed by atoms with Gasteiger partial charge in [0, 0.05) is 28.8 Å². The van der Waals surface area contributed by atoms with Crippen LogP contribution >= 0.6 is 0 Å². The Balaban J connectivity index is 0.000000147. The molecule has 3 heterocycles. The summed E-state index contributed by atoms with van der Waals surface area (Å²) in [4.78, 5) is 15.2. The van der Waals surface area contributed by atoms with Crippen molar-refractivity contribution in [3.63, 3.8) is 0 Å². The Hall–Kier alpha value is -3.79. The maximum atomic E-state index is 11.8. The zero-order chi connectivity index (χ0) is 21.4. The quantitative estimate of drug-likeness (QED) is 0.344. The van der Waals surface area contributed by atoms with Crippen LogP contribution in [-0.2, 0) is 11.3 Å². The third-order valence-electron chi connectivity index (χ3n) is 5.86. The van der Waals surface area contributed by atoms with Crippen molar-refractivity contribution in [2.45, 2.75) is 26.5 Å². The average Bonchev–Trinajstić information content (AvgIpc) is 3.46. The zero-order valence-electron chi connectivity index (χ0n) is 17.6. The molecule has 2 aromatic heterocycles. The van der Waals surface area contributed by atoms with Gasteiger partial charge in [-0.25, -0.2) is 4.79 Å². The Morgan fingerprint density at radius 2 is 1.61 bits per heavy atom. The summed E-state index contributed by atoms with van der Waals surface area (Å²) >= 11 is 0. The van der Waals surface area contributed by atoms with Gasteiger partial charge in [-0.3, -0.25) is 0 Å². The summed E-state index contributed by atoms with van der Waals surface area (Å²) in [5.74, 6) is -0.251. The molecule has 0 saturated carbocycles. The van der Waals surface area contributed by atoms with E-state index < -0.39 is 0 Å². The van der Waals surface area contributed by atoms with E-state index in [4.69, 9.17) is 4.74 Å². The van der Waals surface area contributed by atoms with Crippen molar-refractivity contribution in [2.75, 3.05) is 0 Å². The number of nitrogens with one attached hydrogen (secondary N) is 1. The van der Waals surface area contributed by atoms with E-state index >= 15 is 0 Å². The normalized spacial score (nSPS) is 14.9. The molecule has 5 aromatic rings. The highest BCUT2D eigenvalue weighted by Crippen LogP contribution is 2.36. The van der Waals surface area contributed by atoms with E-state index in [1.807, 2.05) is 48.5 Å². The Morgan fingerprint density at radius 3 is 2.42 bits per heavy atom. The highest BCUT2D eigenvalue weighted by atomic mass is 16.5. The van der Waals surface area contributed by atoms with Gasteiger partial charge >= 0.3 is 5.97 Å². The molecule has 4 heteroatoms. The molecule has 0 saturated heterocycles. The average molecular weight is 409 g/mol. The number of aromatic nitrogens is 2. The van der Waals surface area contributed by atoms with Crippen molar-refractivity contribution >= 4 is 27.8 Å². The number of cyclic esters (lactones) is 1. The fraction of sp³-hybridized carbons (Fsp3) is 0.148. The highest BCUT2D eigenvalue weighted by molar-refractivity contribution is 5.94. The molecule has 31 heavy (non-hydrogen) atoms. The highest BCUT2D eigenvalue weighted by Gasteiger charge is 2.32. The van der Waals surface area contributed by atoms with Gasteiger partial charge in [-0.1, -0.05) is 54.6 Å². The van der Waals surface area contributed by atoms with Gasteiger partial charge in [0.25, 0.3) is 0 Å². The molecule has 0 bridgehead atoms. The molecule has 1 atom stereocenters. The number of carbonyl (C=O) groups is 1. The monoisotopic (exact) mass is 408 g/mol. The van der Waals surface area contributed by atoms with Crippen LogP contribution < -0.4 is 0 Å². The Kier molecular flexibility index (Phi) is 4.83. The van der Waals surface area contributed by atoms with Gasteiger partial charge < -0.3 is 14.3 Å². The second kappa shape index (κ2) is 7.80. The van der Waals surface area contributed by atoms with E-state index in [1.165, 1.54) is 16.6 Å². The van der Waals surface area contributed by atoms with Gasteiger partial charge in [-0.05, 0) is 55.0 Å². The molecular formula is C27H24N2O2. The Morgan fingerprint density at radius 1 is 0.903 bits per heavy atom. The number of fused-ring (bicyclic) bond motifs is 3. The number of carbonyl (C=O) groups excluding carboxylic acids is 1. The lowest BCUT2D eigenvalue weighted by Crippen LogP contribution is -2.00. The first-order valence-corrected chi connectivity index (χ1v) is 10.6. The van der Waals surface area contributed by atoms with Gasteiger partial charge in [-0.2, -0.15) is 0 Å². The van der Waals surface area contributed by atoms with Crippen LogP contribution in [0.5, 0.6) is 0 Å². The van der Waals surface area contributed by atoms with Crippen molar-refractivity contribution in [3.8, 4) is 0 Å². The number of ether oxygens (including phenoxy) is 1. The molecule has 0 fully saturated rings. The minimum atomic E-state index is -0.323. The number of H-pyrrole nitrogens is 1. The lowest BCUT2D eigenvalue weighted by molar-refractivity contribution is 0.0450. The van der Waals surface area contributed by atoms with Crippen LogP contribution in [0.15, 0.2) is 84.9 Å². The summed E-state index contributed by atoms with van der Waals surface area (Å²) in [5, 5.41) is 2.47. The smallest absolute Gasteiger partial charge is 0.339 e. The van der Waals surface area contributed by atoms with Gasteiger partial charge in [-0.15, -0.1) is 0 Å². The van der Waals surface area contributed by atoms with Gasteiger partial charge in [0.05, 0.1) is 11.3 Å². The first-order valence-electron chi connectivity index (χ1n) is 10.6. The molecule has 1 N–H and O–H groups in total. The van der Waals surface area contributed by atoms with E-state index in [9.17, 15) is 4.79 Å². The summed E-state index contributed by atoms with van der Waals surface area (Å²) in [7, 11) is 0. The topological polar surface area (TPSA) is 47.0 Å². The van der Waals surface area contributed by atoms with E-state index in [0.29, 0.717) is 5.56 Å². The number of rotatable bonds is 2. The molecule has 0 aliphatic carbocycles. The summed E-state index contributed by atoms with van der Waals surface area (Å²) < 4.78 is 7.81. The molecule has 0 spiro atoms. The fourth-order valence-electron chi connectivity index (χ4n) is 4.38. The molecular weight excluding hydrogens is 384 g/mol. The minimum absolute atomic E-state index is 0.251. The molecule has 1 aliphatic rings. The van der Waals surface area contributed by atoms with Crippen LogP contribution in [0.1, 0.15) is 40.3 Å². The van der Waals surface area contributed by atoms with E-state index in [0.717, 1.165) is 28.7 Å². The summed E-state index contributed by atoms with van der Waals surface area (Å²) in [6.45, 7) is 5.39. The number of aromatic amines is 1. The van der Waals surface area contributed by atoms with Crippen LogP contribution in [0.25, 0.3) is 21.8 Å². The van der Waals surface area contributed by atoms with Crippen LogP contribution in [0.2, 0.25) is 0 Å². The number of nitrogens with zero attached hydrogens (tertiary/aromatic N) is 1. The second-order valence-corrected chi connectivity index (χ2v) is 7.77. The molecule has 3 aromatic carbocycles. The van der Waals surface area contributed by atoms with E-state index in [-0.39, 0.29) is 12.1 Å². The molecule has 154 valence electrons. The first kappa shape index (κ1) is 19.2. The lowest BCUT2D eigenvalue weighted by atomic mass is 10.0. The van der Waals surface area contributed by atoms with Crippen LogP contribution in [0.3, 0.4) is 0 Å². The molecule has 0 radical (unpaired) electrons. The van der Waals surface area contributed by atoms with Crippen molar-refractivity contribution in [1.82, 2.24) is 9.55 Å². The standard InChI is InChI=1S/C16H11NO2.C11H13N/c18-16-12-7-3-2-6-11(12)15(19-16)14-9-10-5-1-4-8-13(10)17-14;1-3-12-9(2)8-10-6-4-5-7-11(10)12/h1-9,15,17H;4-8H,3H2,1-2H3. The summed E-state index contributed by atoms with van der Waals surface area (Å²) in [6, 6.07) is 28.3. The van der Waals surface area contributed by atoms with E-state index in [1.54, 1.807) is 6.07 Å². The predicted octanol–water partition coefficient (Wildman–Crippen LogP) is 6.40. The van der Waals surface area contributed by atoms with Crippen molar-refractivity contribution in [2.24, 2.45) is 0 Å². The summed E-state index contributed by atoms with van der Waals surface area (Å²) in [6.07, 6.45) is -0.323. The number of benzene rings is 3. The maximum Gasteiger partial charge on any atom is 0.339 e. The van der Waals surface area contributed by atoms with Crippen LogP contribution in [0, 0.1) is 6.92 Å². The SMILES string of the molecule is CCn1c(C)cc2ccccc21.O=C1OC(c2cc3ccccc3[nH]2)c2ccccc21. The lowest BCUT2D eigenvalue weighted by Gasteiger charge is -2.07. The Bertz CT molecular complexity index is 1360. The van der Waals surface area contributed by atoms with Gasteiger partial charge in [0.2, 0.25) is 0 Å². The van der Waals surface area contributed by atoms with Crippen molar-refractivity contribution in [1.29, 1.82) is 0 Å². The third kappa shape index (κ3) is 3.40. The number of esters is 1. The minimum Gasteiger partial charge on any atom is -0.447 e. The molecule has 1 unspecified atom stereocenters. The summed E-state index contributed by atoms with van der Waals surface area (Å²) in [5.41, 5.74) is 6.25. The second-order valence-electron chi connectivity index (χ2n) is 7.77. The van der Waals surface area contributed by atoms with Crippen molar-refractivity contribution < 1.29 is 9.53 Å². The maximum absolute atomic E-state index is 11.8. The van der Waals surface area contributed by atoms with Crippen molar-refractivity contribution in [3.05, 3.63) is 107 Å². The molecule has 0 amide bonds. The van der Waals surface area contributed by atoms with Gasteiger partial charge in [0.15, 0.2) is 6.10 Å². The number of hydrogen-bond acceptors (Lipinski definition) is 2. The van der Waals surface area contributed by atoms with Crippen LogP contribution in [-0.4, -0.2) is 15.5 Å². The third-order valence-corrected chi connectivity index (χ3v) is 5.86. The first-order chi connectivity index (χ1) is 15.2. The zero-order valence-corrected chi connectivity index (χ0v) is 17.6. The van der Waals surface area contributed by atoms with Gasteiger partial charge in [0.1, 0.15) is 0 Å². The van der Waals surface area contributed by atoms with E-state index in [2.05, 4.69) is 53.7 Å². The fourth-order valence-corrected chi connectivity index (χ4v) is 4.38. The number of hydrogen-bond donors (Lipinski definition) is 1. The number of para-hydroxylation sites is 2.